The number of carbonyl (C=O) groups is 1. The number of nitrogens with zero attached hydrogens (tertiary/aromatic N) is 1. The van der Waals surface area contributed by atoms with Crippen LogP contribution < -0.4 is 0 Å². The highest BCUT2D eigenvalue weighted by Gasteiger charge is 2.55. The van der Waals surface area contributed by atoms with Crippen LogP contribution in [0.2, 0.25) is 0 Å². The van der Waals surface area contributed by atoms with Crippen molar-refractivity contribution in [3.8, 4) is 0 Å². The summed E-state index contributed by atoms with van der Waals surface area (Å²) in [5.74, 6) is -0.477. The first-order valence-corrected chi connectivity index (χ1v) is 7.70. The van der Waals surface area contributed by atoms with Crippen LogP contribution in [0.1, 0.15) is 64.1 Å². The van der Waals surface area contributed by atoms with Gasteiger partial charge in [-0.1, -0.05) is 6.92 Å². The molecule has 1 aliphatic rings. The number of aliphatic carboxylic acids is 1. The minimum atomic E-state index is -0.889. The summed E-state index contributed by atoms with van der Waals surface area (Å²) in [4.78, 5) is 19.0. The Morgan fingerprint density at radius 2 is 1.86 bits per heavy atom. The summed E-state index contributed by atoms with van der Waals surface area (Å²) in [6.07, 6.45) is 0.690. The average Bonchev–Trinajstić information content (AvgIpc) is 2.84. The molecule has 1 aliphatic heterocycles. The molecule has 2 rings (SSSR count). The van der Waals surface area contributed by atoms with E-state index in [0.717, 1.165) is 23.6 Å². The van der Waals surface area contributed by atoms with Gasteiger partial charge in [-0.2, -0.15) is 0 Å². The van der Waals surface area contributed by atoms with Crippen molar-refractivity contribution in [2.75, 3.05) is 0 Å². The molecule has 1 saturated heterocycles. The van der Waals surface area contributed by atoms with Crippen molar-refractivity contribution in [3.05, 3.63) is 17.2 Å². The first-order chi connectivity index (χ1) is 10.1. The first-order valence-electron chi connectivity index (χ1n) is 7.70. The summed E-state index contributed by atoms with van der Waals surface area (Å²) in [5.41, 5.74) is 0.605. The van der Waals surface area contributed by atoms with Gasteiger partial charge >= 0.3 is 13.1 Å². The van der Waals surface area contributed by atoms with E-state index in [4.69, 9.17) is 9.31 Å². The Morgan fingerprint density at radius 3 is 2.27 bits per heavy atom. The van der Waals surface area contributed by atoms with Crippen molar-refractivity contribution in [1.29, 1.82) is 0 Å². The molecule has 7 heteroatoms. The van der Waals surface area contributed by atoms with Crippen LogP contribution in [-0.4, -0.2) is 39.4 Å². The molecule has 2 heterocycles. The van der Waals surface area contributed by atoms with Crippen LogP contribution in [-0.2, 0) is 20.5 Å². The second-order valence-corrected chi connectivity index (χ2v) is 6.88. The van der Waals surface area contributed by atoms with Crippen LogP contribution in [0.5, 0.6) is 0 Å². The average molecular weight is 308 g/mol. The van der Waals surface area contributed by atoms with Crippen molar-refractivity contribution < 1.29 is 19.2 Å². The van der Waals surface area contributed by atoms with Crippen LogP contribution in [0, 0.1) is 6.92 Å². The Labute approximate surface area is 131 Å². The molecule has 6 nitrogen and oxygen atoms in total. The molecule has 0 amide bonds. The molecular weight excluding hydrogens is 283 g/mol. The highest BCUT2D eigenvalue weighted by molar-refractivity contribution is 6.48. The number of H-pyrrole nitrogens is 1. The smallest absolute Gasteiger partial charge is 0.468 e. The maximum Gasteiger partial charge on any atom is 0.468 e. The Morgan fingerprint density at radius 1 is 1.32 bits per heavy atom. The van der Waals surface area contributed by atoms with Gasteiger partial charge in [0.15, 0.2) is 0 Å². The Kier molecular flexibility index (Phi) is 4.41. The second kappa shape index (κ2) is 5.70. The molecule has 1 aromatic rings. The third-order valence-electron chi connectivity index (χ3n) is 4.65. The minimum Gasteiger partial charge on any atom is -0.481 e. The number of hydrogen-bond donors (Lipinski definition) is 2. The summed E-state index contributed by atoms with van der Waals surface area (Å²) in [7, 11) is -0.618. The van der Waals surface area contributed by atoms with E-state index in [9.17, 15) is 9.90 Å². The quantitative estimate of drug-likeness (QED) is 0.816. The van der Waals surface area contributed by atoms with Crippen LogP contribution in [0.4, 0.5) is 0 Å². The number of aromatic amines is 1. The summed E-state index contributed by atoms with van der Waals surface area (Å²) in [5, 5.41) is 9.27. The number of carboxylic acid groups (broad SMARTS) is 1. The molecule has 0 radical (unpaired) electrons. The van der Waals surface area contributed by atoms with Crippen LogP contribution in [0.25, 0.3) is 0 Å². The van der Waals surface area contributed by atoms with Gasteiger partial charge in [0.05, 0.1) is 23.3 Å². The molecular formula is C15H25BN2O4. The molecule has 1 unspecified atom stereocenters. The SMILES string of the molecule is CCc1nc(C(CC(=O)O)B2OC(C)(C)C(C)(C)O2)c(C)[nH]1. The molecule has 122 valence electrons. The van der Waals surface area contributed by atoms with E-state index in [-0.39, 0.29) is 6.42 Å². The number of nitrogens with one attached hydrogen (secondary N) is 1. The molecule has 1 aromatic heterocycles. The molecule has 1 atom stereocenters. The summed E-state index contributed by atoms with van der Waals surface area (Å²) in [6, 6.07) is 0. The second-order valence-electron chi connectivity index (χ2n) is 6.88. The maximum atomic E-state index is 11.3. The van der Waals surface area contributed by atoms with Crippen LogP contribution in [0.15, 0.2) is 0 Å². The van der Waals surface area contributed by atoms with Crippen molar-refractivity contribution in [3.63, 3.8) is 0 Å². The van der Waals surface area contributed by atoms with E-state index in [1.54, 1.807) is 0 Å². The molecule has 0 spiro atoms. The van der Waals surface area contributed by atoms with Crippen LogP contribution >= 0.6 is 0 Å². The monoisotopic (exact) mass is 308 g/mol. The summed E-state index contributed by atoms with van der Waals surface area (Å²) in [6.45, 7) is 11.7. The Bertz CT molecular complexity index is 552. The van der Waals surface area contributed by atoms with Gasteiger partial charge in [-0.15, -0.1) is 0 Å². The fourth-order valence-corrected chi connectivity index (χ4v) is 2.63. The third-order valence-corrected chi connectivity index (χ3v) is 4.65. The maximum absolute atomic E-state index is 11.3. The molecule has 0 saturated carbocycles. The molecule has 2 N–H and O–H groups in total. The zero-order valence-electron chi connectivity index (χ0n) is 14.2. The highest BCUT2D eigenvalue weighted by atomic mass is 16.7. The summed E-state index contributed by atoms with van der Waals surface area (Å²) >= 11 is 0. The van der Waals surface area contributed by atoms with Gasteiger partial charge in [0.25, 0.3) is 0 Å². The fourth-order valence-electron chi connectivity index (χ4n) is 2.63. The van der Waals surface area contributed by atoms with Gasteiger partial charge in [-0.05, 0) is 34.6 Å². The largest absolute Gasteiger partial charge is 0.481 e. The topological polar surface area (TPSA) is 84.4 Å². The summed E-state index contributed by atoms with van der Waals surface area (Å²) < 4.78 is 12.1. The zero-order chi connectivity index (χ0) is 16.7. The fraction of sp³-hybridized carbons (Fsp3) is 0.733. The van der Waals surface area contributed by atoms with Crippen LogP contribution in [0.3, 0.4) is 0 Å². The number of rotatable bonds is 5. The standard InChI is InChI=1S/C15H25BN2O4/c1-7-11-17-9(2)13(18-11)10(8-12(19)20)16-21-14(3,4)15(5,6)22-16/h10H,7-8H2,1-6H3,(H,17,18)(H,19,20). The van der Waals surface area contributed by atoms with E-state index in [1.165, 1.54) is 0 Å². The first kappa shape index (κ1) is 17.0. The molecule has 0 aliphatic carbocycles. The lowest BCUT2D eigenvalue weighted by Gasteiger charge is -2.32. The number of hydrogen-bond acceptors (Lipinski definition) is 4. The van der Waals surface area contributed by atoms with Gasteiger partial charge in [-0.3, -0.25) is 4.79 Å². The normalized spacial score (nSPS) is 21.1. The Hall–Kier alpha value is -1.34. The highest BCUT2D eigenvalue weighted by Crippen LogP contribution is 2.41. The van der Waals surface area contributed by atoms with Crippen molar-refractivity contribution in [2.24, 2.45) is 0 Å². The van der Waals surface area contributed by atoms with Gasteiger partial charge in [0, 0.05) is 17.9 Å². The lowest BCUT2D eigenvalue weighted by Crippen LogP contribution is -2.41. The molecule has 0 aromatic carbocycles. The number of aryl methyl sites for hydroxylation is 2. The van der Waals surface area contributed by atoms with Gasteiger partial charge in [-0.25, -0.2) is 4.98 Å². The number of carboxylic acids is 1. The van der Waals surface area contributed by atoms with E-state index in [1.807, 2.05) is 41.5 Å². The van der Waals surface area contributed by atoms with Gasteiger partial charge in [0.2, 0.25) is 0 Å². The lowest BCUT2D eigenvalue weighted by molar-refractivity contribution is -0.137. The molecule has 1 fully saturated rings. The lowest BCUT2D eigenvalue weighted by atomic mass is 9.67. The third kappa shape index (κ3) is 3.05. The molecule has 22 heavy (non-hydrogen) atoms. The van der Waals surface area contributed by atoms with E-state index in [0.29, 0.717) is 0 Å². The number of aromatic nitrogens is 2. The predicted octanol–water partition coefficient (Wildman–Crippen LogP) is 2.47. The number of imidazole rings is 1. The zero-order valence-corrected chi connectivity index (χ0v) is 14.2. The minimum absolute atomic E-state index is 0.0777. The van der Waals surface area contributed by atoms with Crippen molar-refractivity contribution >= 4 is 13.1 Å². The predicted molar refractivity (Wildman–Crippen MR) is 83.8 cm³/mol. The van der Waals surface area contributed by atoms with Gasteiger partial charge in [0.1, 0.15) is 5.82 Å². The molecule has 0 bridgehead atoms. The van der Waals surface area contributed by atoms with Crippen molar-refractivity contribution in [2.45, 2.75) is 71.4 Å². The van der Waals surface area contributed by atoms with Crippen molar-refractivity contribution in [1.82, 2.24) is 9.97 Å². The van der Waals surface area contributed by atoms with E-state index < -0.39 is 30.1 Å². The van der Waals surface area contributed by atoms with Gasteiger partial charge < -0.3 is 19.4 Å². The van der Waals surface area contributed by atoms with E-state index >= 15 is 0 Å². The Balaban J connectivity index is 2.35. The van der Waals surface area contributed by atoms with E-state index in [2.05, 4.69) is 9.97 Å².